The van der Waals surface area contributed by atoms with Gasteiger partial charge in [0, 0.05) is 0 Å². The molecule has 7 heteroatoms. The highest BCUT2D eigenvalue weighted by molar-refractivity contribution is 5.40. The van der Waals surface area contributed by atoms with Crippen molar-refractivity contribution in [3.63, 3.8) is 0 Å². The molecule has 0 aromatic heterocycles. The maximum atomic E-state index is 13.4. The van der Waals surface area contributed by atoms with Crippen LogP contribution in [-0.4, -0.2) is 29.0 Å². The van der Waals surface area contributed by atoms with Crippen LogP contribution in [0.25, 0.3) is 0 Å². The molecular weight excluding hydrogens is 359 g/mol. The maximum absolute atomic E-state index is 13.4. The van der Waals surface area contributed by atoms with Gasteiger partial charge in [0.15, 0.2) is 0 Å². The quantitative estimate of drug-likeness (QED) is 0.654. The van der Waals surface area contributed by atoms with Gasteiger partial charge in [-0.1, -0.05) is 35.9 Å². The fourth-order valence-corrected chi connectivity index (χ4v) is 2.64. The lowest BCUT2D eigenvalue weighted by Crippen LogP contribution is -2.47. The summed E-state index contributed by atoms with van der Waals surface area (Å²) in [6.07, 6.45) is -4.22. The number of hydrogen-bond acceptors (Lipinski definition) is 4. The molecule has 2 aromatic carbocycles. The zero-order valence-corrected chi connectivity index (χ0v) is 15.1. The lowest BCUT2D eigenvalue weighted by Gasteiger charge is -2.24. The Morgan fingerprint density at radius 3 is 2.30 bits per heavy atom. The first-order chi connectivity index (χ1) is 12.7. The van der Waals surface area contributed by atoms with Crippen LogP contribution < -0.4 is 10.5 Å². The molecule has 0 bridgehead atoms. The van der Waals surface area contributed by atoms with Gasteiger partial charge in [-0.3, -0.25) is 0 Å². The van der Waals surface area contributed by atoms with Crippen molar-refractivity contribution < 1.29 is 28.1 Å². The number of hydrogen-bond donors (Lipinski definition) is 3. The van der Waals surface area contributed by atoms with Gasteiger partial charge in [0.25, 0.3) is 0 Å². The second-order valence-corrected chi connectivity index (χ2v) is 6.78. The first-order valence-electron chi connectivity index (χ1n) is 8.56. The van der Waals surface area contributed by atoms with Gasteiger partial charge in [-0.05, 0) is 43.0 Å². The molecule has 0 atom stereocenters. The standard InChI is InChI=1S/C20H24F3NO3/c1-14-3-2-4-16(9-14)11-27-18-6-5-15(10-17(18)20(21,22)23)7-8-19(24,12-25)13-26/h2-6,9-10,25-26H,7-8,11-13,24H2,1H3. The summed E-state index contributed by atoms with van der Waals surface area (Å²) >= 11 is 0. The van der Waals surface area contributed by atoms with E-state index in [2.05, 4.69) is 0 Å². The molecule has 0 saturated carbocycles. The van der Waals surface area contributed by atoms with Gasteiger partial charge in [-0.25, -0.2) is 0 Å². The van der Waals surface area contributed by atoms with Crippen LogP contribution in [0.5, 0.6) is 5.75 Å². The fourth-order valence-electron chi connectivity index (χ4n) is 2.64. The van der Waals surface area contributed by atoms with E-state index in [0.29, 0.717) is 5.56 Å². The number of aliphatic hydroxyl groups excluding tert-OH is 2. The topological polar surface area (TPSA) is 75.7 Å². The van der Waals surface area contributed by atoms with Crippen molar-refractivity contribution >= 4 is 0 Å². The molecule has 2 rings (SSSR count). The molecule has 0 amide bonds. The van der Waals surface area contributed by atoms with Crippen molar-refractivity contribution in [2.45, 2.75) is 38.1 Å². The molecule has 0 heterocycles. The Bertz CT molecular complexity index is 758. The molecular formula is C20H24F3NO3. The molecule has 27 heavy (non-hydrogen) atoms. The van der Waals surface area contributed by atoms with Crippen LogP contribution >= 0.6 is 0 Å². The minimum atomic E-state index is -4.56. The monoisotopic (exact) mass is 383 g/mol. The van der Waals surface area contributed by atoms with Crippen LogP contribution in [0.3, 0.4) is 0 Å². The zero-order chi connectivity index (χ0) is 20.1. The van der Waals surface area contributed by atoms with Crippen molar-refractivity contribution in [2.75, 3.05) is 13.2 Å². The van der Waals surface area contributed by atoms with Crippen LogP contribution in [0.4, 0.5) is 13.2 Å². The van der Waals surface area contributed by atoms with E-state index in [9.17, 15) is 23.4 Å². The van der Waals surface area contributed by atoms with Gasteiger partial charge in [-0.2, -0.15) is 13.2 Å². The first kappa shape index (κ1) is 21.2. The minimum Gasteiger partial charge on any atom is -0.488 e. The third-order valence-electron chi connectivity index (χ3n) is 4.37. The highest BCUT2D eigenvalue weighted by Crippen LogP contribution is 2.37. The predicted molar refractivity (Wildman–Crippen MR) is 96.4 cm³/mol. The predicted octanol–water partition coefficient (Wildman–Crippen LogP) is 3.21. The molecule has 0 spiro atoms. The Labute approximate surface area is 156 Å². The van der Waals surface area contributed by atoms with Crippen LogP contribution in [0.2, 0.25) is 0 Å². The summed E-state index contributed by atoms with van der Waals surface area (Å²) in [4.78, 5) is 0. The summed E-state index contributed by atoms with van der Waals surface area (Å²) in [5, 5.41) is 18.4. The number of ether oxygens (including phenoxy) is 1. The van der Waals surface area contributed by atoms with Gasteiger partial charge in [-0.15, -0.1) is 0 Å². The highest BCUT2D eigenvalue weighted by atomic mass is 19.4. The average molecular weight is 383 g/mol. The number of nitrogens with two attached hydrogens (primary N) is 1. The molecule has 0 aliphatic heterocycles. The summed E-state index contributed by atoms with van der Waals surface area (Å²) in [6.45, 7) is 1.03. The van der Waals surface area contributed by atoms with Crippen LogP contribution in [0, 0.1) is 6.92 Å². The molecule has 0 aliphatic carbocycles. The Kier molecular flexibility index (Phi) is 6.86. The average Bonchev–Trinajstić information content (AvgIpc) is 2.64. The van der Waals surface area contributed by atoms with E-state index in [1.165, 1.54) is 12.1 Å². The normalized spacial score (nSPS) is 12.3. The Balaban J connectivity index is 2.18. The van der Waals surface area contributed by atoms with Crippen LogP contribution in [0.15, 0.2) is 42.5 Å². The summed E-state index contributed by atoms with van der Waals surface area (Å²) in [5.41, 5.74) is 5.88. The minimum absolute atomic E-state index is 0.0328. The molecule has 148 valence electrons. The Morgan fingerprint density at radius 2 is 1.70 bits per heavy atom. The maximum Gasteiger partial charge on any atom is 0.419 e. The van der Waals surface area contributed by atoms with Crippen molar-refractivity contribution in [1.82, 2.24) is 0 Å². The van der Waals surface area contributed by atoms with E-state index in [0.717, 1.165) is 17.2 Å². The van der Waals surface area contributed by atoms with E-state index >= 15 is 0 Å². The fraction of sp³-hybridized carbons (Fsp3) is 0.400. The molecule has 0 fully saturated rings. The first-order valence-corrected chi connectivity index (χ1v) is 8.56. The molecule has 0 unspecified atom stereocenters. The van der Waals surface area contributed by atoms with Crippen molar-refractivity contribution in [3.8, 4) is 5.75 Å². The van der Waals surface area contributed by atoms with Gasteiger partial charge in [0.1, 0.15) is 12.4 Å². The summed E-state index contributed by atoms with van der Waals surface area (Å²) in [6, 6.07) is 11.2. The Morgan fingerprint density at radius 1 is 1.00 bits per heavy atom. The van der Waals surface area contributed by atoms with E-state index in [4.69, 9.17) is 10.5 Å². The van der Waals surface area contributed by atoms with E-state index in [1.54, 1.807) is 6.07 Å². The lowest BCUT2D eigenvalue weighted by molar-refractivity contribution is -0.139. The Hall–Kier alpha value is -2.09. The molecule has 4 nitrogen and oxygen atoms in total. The molecule has 0 aliphatic rings. The SMILES string of the molecule is Cc1cccc(COc2ccc(CCC(N)(CO)CO)cc2C(F)(F)F)c1. The number of aryl methyl sites for hydroxylation is 2. The number of benzene rings is 2. The smallest absolute Gasteiger partial charge is 0.419 e. The van der Waals surface area contributed by atoms with Gasteiger partial charge < -0.3 is 20.7 Å². The molecule has 4 N–H and O–H groups in total. The summed E-state index contributed by atoms with van der Waals surface area (Å²) in [5.74, 6) is -0.240. The van der Waals surface area contributed by atoms with Crippen molar-refractivity contribution in [1.29, 1.82) is 0 Å². The number of halogens is 3. The van der Waals surface area contributed by atoms with E-state index in [-0.39, 0.29) is 25.2 Å². The molecule has 0 saturated heterocycles. The number of aliphatic hydroxyl groups is 2. The van der Waals surface area contributed by atoms with Gasteiger partial charge >= 0.3 is 6.18 Å². The van der Waals surface area contributed by atoms with Crippen LogP contribution in [0.1, 0.15) is 28.7 Å². The third-order valence-corrected chi connectivity index (χ3v) is 4.37. The second kappa shape index (κ2) is 8.73. The zero-order valence-electron chi connectivity index (χ0n) is 15.1. The molecule has 2 aromatic rings. The second-order valence-electron chi connectivity index (χ2n) is 6.78. The van der Waals surface area contributed by atoms with Crippen LogP contribution in [-0.2, 0) is 19.2 Å². The highest BCUT2D eigenvalue weighted by Gasteiger charge is 2.35. The van der Waals surface area contributed by atoms with Gasteiger partial charge in [0.2, 0.25) is 0 Å². The molecule has 0 radical (unpaired) electrons. The van der Waals surface area contributed by atoms with E-state index in [1.807, 2.05) is 25.1 Å². The van der Waals surface area contributed by atoms with Gasteiger partial charge in [0.05, 0.1) is 24.3 Å². The largest absolute Gasteiger partial charge is 0.488 e. The summed E-state index contributed by atoms with van der Waals surface area (Å²) in [7, 11) is 0. The van der Waals surface area contributed by atoms with E-state index < -0.39 is 30.5 Å². The lowest BCUT2D eigenvalue weighted by atomic mass is 9.93. The van der Waals surface area contributed by atoms with Crippen molar-refractivity contribution in [2.24, 2.45) is 5.73 Å². The third kappa shape index (κ3) is 5.95. The van der Waals surface area contributed by atoms with Crippen molar-refractivity contribution in [3.05, 3.63) is 64.7 Å². The number of alkyl halides is 3. The number of rotatable bonds is 8. The summed E-state index contributed by atoms with van der Waals surface area (Å²) < 4.78 is 45.7.